The summed E-state index contributed by atoms with van der Waals surface area (Å²) in [4.78, 5) is 0. The second kappa shape index (κ2) is 7.21. The fourth-order valence-electron chi connectivity index (χ4n) is 5.68. The second-order valence-electron chi connectivity index (χ2n) is 8.80. The molecule has 5 rings (SSSR count). The molecule has 0 N–H and O–H groups in total. The summed E-state index contributed by atoms with van der Waals surface area (Å²) in [6, 6.07) is 10.5. The summed E-state index contributed by atoms with van der Waals surface area (Å²) >= 11 is 0. The fraction of sp³-hybridized carbons (Fsp3) is 0.400. The Balaban J connectivity index is 1.65. The lowest BCUT2D eigenvalue weighted by molar-refractivity contribution is -0.0969. The molecule has 0 spiro atoms. The Hall–Kier alpha value is -2.63. The van der Waals surface area contributed by atoms with Gasteiger partial charge < -0.3 is 0 Å². The van der Waals surface area contributed by atoms with Gasteiger partial charge in [0.25, 0.3) is 0 Å². The highest BCUT2D eigenvalue weighted by Gasteiger charge is 2.47. The summed E-state index contributed by atoms with van der Waals surface area (Å²) in [5.74, 6) is -0.401. The van der Waals surface area contributed by atoms with Crippen molar-refractivity contribution in [2.24, 2.45) is 5.92 Å². The van der Waals surface area contributed by atoms with Gasteiger partial charge in [-0.25, -0.2) is 9.07 Å². The van der Waals surface area contributed by atoms with E-state index in [-0.39, 0.29) is 29.1 Å². The molecule has 0 bridgehead atoms. The van der Waals surface area contributed by atoms with Crippen molar-refractivity contribution in [1.29, 1.82) is 0 Å². The van der Waals surface area contributed by atoms with Gasteiger partial charge in [0, 0.05) is 16.4 Å². The molecule has 0 saturated carbocycles. The number of hydrogen-bond donors (Lipinski definition) is 0. The van der Waals surface area contributed by atoms with E-state index in [2.05, 4.69) is 24.2 Å². The van der Waals surface area contributed by atoms with Gasteiger partial charge in [0.15, 0.2) is 0 Å². The van der Waals surface area contributed by atoms with Crippen molar-refractivity contribution in [1.82, 2.24) is 9.78 Å². The second-order valence-corrected chi connectivity index (χ2v) is 8.80. The predicted molar refractivity (Wildman–Crippen MR) is 113 cm³/mol. The van der Waals surface area contributed by atoms with Gasteiger partial charge in [-0.1, -0.05) is 13.0 Å². The van der Waals surface area contributed by atoms with Crippen molar-refractivity contribution in [3.05, 3.63) is 71.2 Å². The van der Waals surface area contributed by atoms with Gasteiger partial charge in [-0.2, -0.15) is 18.3 Å². The molecule has 1 aromatic heterocycles. The number of halogens is 4. The van der Waals surface area contributed by atoms with Crippen LogP contribution in [0.3, 0.4) is 0 Å². The van der Waals surface area contributed by atoms with E-state index in [0.29, 0.717) is 6.42 Å². The summed E-state index contributed by atoms with van der Waals surface area (Å²) in [7, 11) is 0. The fourth-order valence-corrected chi connectivity index (χ4v) is 5.68. The molecule has 31 heavy (non-hydrogen) atoms. The van der Waals surface area contributed by atoms with Crippen molar-refractivity contribution >= 4 is 10.9 Å². The molecule has 0 saturated heterocycles. The predicted octanol–water partition coefficient (Wildman–Crippen LogP) is 7.05. The van der Waals surface area contributed by atoms with E-state index in [4.69, 9.17) is 0 Å². The highest BCUT2D eigenvalue weighted by molar-refractivity contribution is 5.82. The molecule has 2 aliphatic carbocycles. The number of aryl methyl sites for hydroxylation is 1. The maximum Gasteiger partial charge on any atom is 0.412 e. The summed E-state index contributed by atoms with van der Waals surface area (Å²) in [5.41, 5.74) is 3.47. The van der Waals surface area contributed by atoms with Gasteiger partial charge in [-0.05, 0) is 92.0 Å². The van der Waals surface area contributed by atoms with Crippen molar-refractivity contribution in [2.45, 2.75) is 57.0 Å². The largest absolute Gasteiger partial charge is 0.412 e. The van der Waals surface area contributed by atoms with Crippen molar-refractivity contribution in [3.8, 4) is 5.69 Å². The number of fused-ring (bicyclic) bond motifs is 4. The van der Waals surface area contributed by atoms with Crippen molar-refractivity contribution < 1.29 is 17.6 Å². The average molecular weight is 428 g/mol. The Kier molecular flexibility index (Phi) is 4.72. The van der Waals surface area contributed by atoms with E-state index < -0.39 is 6.18 Å². The first kappa shape index (κ1) is 20.3. The minimum Gasteiger partial charge on any atom is -0.233 e. The lowest BCUT2D eigenvalue weighted by Crippen LogP contribution is -2.38. The van der Waals surface area contributed by atoms with Crippen LogP contribution >= 0.6 is 0 Å². The number of hydrogen-bond acceptors (Lipinski definition) is 1. The van der Waals surface area contributed by atoms with Gasteiger partial charge in [0.2, 0.25) is 0 Å². The van der Waals surface area contributed by atoms with Crippen molar-refractivity contribution in [2.75, 3.05) is 0 Å². The molecule has 0 unspecified atom stereocenters. The van der Waals surface area contributed by atoms with E-state index in [0.717, 1.165) is 42.3 Å². The van der Waals surface area contributed by atoms with Gasteiger partial charge in [0.1, 0.15) is 5.82 Å². The lowest BCUT2D eigenvalue weighted by Gasteiger charge is -2.43. The molecule has 0 radical (unpaired) electrons. The first-order valence-electron chi connectivity index (χ1n) is 10.9. The van der Waals surface area contributed by atoms with E-state index in [1.54, 1.807) is 23.0 Å². The van der Waals surface area contributed by atoms with Gasteiger partial charge in [0.05, 0.1) is 17.4 Å². The topological polar surface area (TPSA) is 17.8 Å². The van der Waals surface area contributed by atoms with Gasteiger partial charge in [-0.3, -0.25) is 0 Å². The molecule has 0 amide bonds. The molecule has 162 valence electrons. The summed E-state index contributed by atoms with van der Waals surface area (Å²) in [6.07, 6.45) is 2.94. The molecule has 0 fully saturated rings. The molecule has 2 aromatic carbocycles. The molecule has 2 atom stereocenters. The number of aromatic nitrogens is 2. The van der Waals surface area contributed by atoms with Crippen LogP contribution in [0.4, 0.5) is 17.6 Å². The number of alkyl halides is 3. The highest BCUT2D eigenvalue weighted by atomic mass is 19.4. The third-order valence-electron chi connectivity index (χ3n) is 7.31. The van der Waals surface area contributed by atoms with E-state index in [1.165, 1.54) is 29.3 Å². The van der Waals surface area contributed by atoms with Gasteiger partial charge >= 0.3 is 6.18 Å². The van der Waals surface area contributed by atoms with Crippen LogP contribution in [0.1, 0.15) is 50.2 Å². The van der Waals surface area contributed by atoms with E-state index in [1.807, 2.05) is 0 Å². The maximum absolute atomic E-state index is 13.4. The quantitative estimate of drug-likeness (QED) is 0.316. The third kappa shape index (κ3) is 3.27. The highest BCUT2D eigenvalue weighted by Crippen LogP contribution is 2.52. The molecule has 0 aliphatic heterocycles. The zero-order valence-electron chi connectivity index (χ0n) is 17.3. The molecule has 6 heteroatoms. The zero-order valence-corrected chi connectivity index (χ0v) is 17.3. The van der Waals surface area contributed by atoms with Crippen LogP contribution in [0.15, 0.2) is 54.2 Å². The average Bonchev–Trinajstić information content (AvgIpc) is 3.08. The summed E-state index contributed by atoms with van der Waals surface area (Å²) < 4.78 is 55.4. The Morgan fingerprint density at radius 1 is 1.13 bits per heavy atom. The SMILES string of the molecule is CC[C@@]12CCC(C(F)(F)F)=C[C@@H]1CCCc1cc3c(cnn3-c3ccc(F)cc3)cc12. The molecule has 3 aromatic rings. The normalized spacial score (nSPS) is 23.8. The first-order valence-corrected chi connectivity index (χ1v) is 10.9. The van der Waals surface area contributed by atoms with Gasteiger partial charge in [-0.15, -0.1) is 0 Å². The van der Waals surface area contributed by atoms with Crippen LogP contribution < -0.4 is 0 Å². The van der Waals surface area contributed by atoms with Crippen LogP contribution in [0.5, 0.6) is 0 Å². The van der Waals surface area contributed by atoms with Crippen LogP contribution in [-0.4, -0.2) is 16.0 Å². The Morgan fingerprint density at radius 2 is 1.90 bits per heavy atom. The molecule has 2 nitrogen and oxygen atoms in total. The molecule has 2 aliphatic rings. The Morgan fingerprint density at radius 3 is 2.61 bits per heavy atom. The number of benzene rings is 2. The van der Waals surface area contributed by atoms with Crippen LogP contribution in [0.25, 0.3) is 16.6 Å². The number of nitrogens with zero attached hydrogens (tertiary/aromatic N) is 2. The summed E-state index contributed by atoms with van der Waals surface area (Å²) in [5, 5.41) is 5.48. The van der Waals surface area contributed by atoms with Crippen molar-refractivity contribution in [3.63, 3.8) is 0 Å². The minimum atomic E-state index is -4.24. The van der Waals surface area contributed by atoms with Crippen LogP contribution in [0, 0.1) is 11.7 Å². The summed E-state index contributed by atoms with van der Waals surface area (Å²) in [6.45, 7) is 2.10. The standard InChI is InChI=1S/C25H24F4N2/c1-2-24-11-10-19(25(27,28)29)14-18(24)5-3-4-16-13-23-17(12-22(16)24)15-30-31(23)21-8-6-20(26)7-9-21/h6-9,12-15,18H,2-5,10-11H2,1H3/t18-,24+/m0/s1. The van der Waals surface area contributed by atoms with E-state index >= 15 is 0 Å². The molecular weight excluding hydrogens is 404 g/mol. The Labute approximate surface area is 178 Å². The van der Waals surface area contributed by atoms with Crippen LogP contribution in [-0.2, 0) is 11.8 Å². The smallest absolute Gasteiger partial charge is 0.233 e. The molecular formula is C25H24F4N2. The third-order valence-corrected chi connectivity index (χ3v) is 7.31. The Bertz CT molecular complexity index is 1160. The van der Waals surface area contributed by atoms with E-state index in [9.17, 15) is 17.6 Å². The maximum atomic E-state index is 13.4. The minimum absolute atomic E-state index is 0.0696. The monoisotopic (exact) mass is 428 g/mol. The first-order chi connectivity index (χ1) is 14.8. The van der Waals surface area contributed by atoms with Crippen LogP contribution in [0.2, 0.25) is 0 Å². The molecule has 1 heterocycles. The number of allylic oxidation sites excluding steroid dienone is 2. The number of rotatable bonds is 2. The lowest BCUT2D eigenvalue weighted by atomic mass is 9.61. The zero-order chi connectivity index (χ0) is 21.8.